The van der Waals surface area contributed by atoms with Gasteiger partial charge in [-0.3, -0.25) is 9.98 Å². The Balaban J connectivity index is 2.20. The van der Waals surface area contributed by atoms with E-state index in [0.717, 1.165) is 17.1 Å². The minimum atomic E-state index is 0.475. The molecular formula is C23H31N3. The number of benzene rings is 1. The number of para-hydroxylation sites is 1. The van der Waals surface area contributed by atoms with Crippen LogP contribution in [0.4, 0.5) is 5.69 Å². The van der Waals surface area contributed by atoms with Gasteiger partial charge in [0.25, 0.3) is 0 Å². The molecule has 0 saturated heterocycles. The summed E-state index contributed by atoms with van der Waals surface area (Å²) in [7, 11) is 0. The number of pyridine rings is 1. The Kier molecular flexibility index (Phi) is 7.14. The molecule has 0 aliphatic heterocycles. The van der Waals surface area contributed by atoms with Crippen LogP contribution in [0.2, 0.25) is 0 Å². The van der Waals surface area contributed by atoms with Crippen LogP contribution in [-0.4, -0.2) is 10.7 Å². The van der Waals surface area contributed by atoms with Gasteiger partial charge in [-0.05, 0) is 55.0 Å². The van der Waals surface area contributed by atoms with Crippen LogP contribution >= 0.6 is 0 Å². The van der Waals surface area contributed by atoms with E-state index >= 15 is 0 Å². The van der Waals surface area contributed by atoms with Gasteiger partial charge in [0, 0.05) is 23.3 Å². The number of hydrogen-bond donors (Lipinski definition) is 1. The lowest BCUT2D eigenvalue weighted by atomic mass is 9.92. The predicted octanol–water partition coefficient (Wildman–Crippen LogP) is 6.31. The zero-order valence-corrected chi connectivity index (χ0v) is 16.9. The van der Waals surface area contributed by atoms with E-state index in [0.29, 0.717) is 18.4 Å². The second kappa shape index (κ2) is 9.33. The second-order valence-corrected chi connectivity index (χ2v) is 7.35. The summed E-state index contributed by atoms with van der Waals surface area (Å²) in [5.41, 5.74) is 7.02. The fraction of sp³-hybridized carbons (Fsp3) is 0.391. The fourth-order valence-electron chi connectivity index (χ4n) is 2.98. The van der Waals surface area contributed by atoms with E-state index in [1.807, 2.05) is 25.1 Å². The molecule has 1 N–H and O–H groups in total. The number of aromatic nitrogens is 1. The summed E-state index contributed by atoms with van der Waals surface area (Å²) in [6.45, 7) is 13.7. The molecule has 1 heterocycles. The van der Waals surface area contributed by atoms with Crippen LogP contribution in [0.3, 0.4) is 0 Å². The van der Waals surface area contributed by atoms with Gasteiger partial charge >= 0.3 is 0 Å². The fourth-order valence-corrected chi connectivity index (χ4v) is 2.98. The summed E-state index contributed by atoms with van der Waals surface area (Å²) in [6, 6.07) is 12.5. The van der Waals surface area contributed by atoms with Gasteiger partial charge in [0.05, 0.1) is 12.2 Å². The lowest BCUT2D eigenvalue weighted by Crippen LogP contribution is -2.07. The molecule has 138 valence electrons. The van der Waals surface area contributed by atoms with Crippen LogP contribution in [-0.2, 0) is 6.54 Å². The molecule has 0 spiro atoms. The average molecular weight is 350 g/mol. The quantitative estimate of drug-likeness (QED) is 0.595. The number of nitrogens with one attached hydrogen (secondary N) is 1. The Morgan fingerprint density at radius 2 is 1.65 bits per heavy atom. The zero-order valence-electron chi connectivity index (χ0n) is 16.9. The largest absolute Gasteiger partial charge is 0.359 e. The lowest BCUT2D eigenvalue weighted by molar-refractivity contribution is 0.837. The molecule has 3 heteroatoms. The van der Waals surface area contributed by atoms with Crippen LogP contribution in [0.15, 0.2) is 59.4 Å². The van der Waals surface area contributed by atoms with Gasteiger partial charge in [-0.15, -0.1) is 0 Å². The first-order valence-electron chi connectivity index (χ1n) is 9.37. The monoisotopic (exact) mass is 349 g/mol. The SMILES string of the molecule is CC(/C=C(\C)Nc1c(C(C)C)cccc1C(C)C)=NCc1ccccn1. The molecule has 2 aromatic rings. The van der Waals surface area contributed by atoms with Crippen molar-refractivity contribution in [3.63, 3.8) is 0 Å². The number of allylic oxidation sites excluding steroid dienone is 2. The summed E-state index contributed by atoms with van der Waals surface area (Å²) < 4.78 is 0. The lowest BCUT2D eigenvalue weighted by Gasteiger charge is -2.21. The molecule has 2 rings (SSSR count). The van der Waals surface area contributed by atoms with E-state index in [9.17, 15) is 0 Å². The Bertz CT molecular complexity index is 745. The Hall–Kier alpha value is -2.42. The maximum absolute atomic E-state index is 4.63. The first kappa shape index (κ1) is 19.9. The molecular weight excluding hydrogens is 318 g/mol. The standard InChI is InChI=1S/C23H31N3/c1-16(2)21-11-9-12-22(17(3)4)23(21)26-19(6)14-18(5)25-15-20-10-7-8-13-24-20/h7-14,16-17,26H,15H2,1-6H3/b19-14+,25-18?. The van der Waals surface area contributed by atoms with Crippen LogP contribution in [0, 0.1) is 0 Å². The molecule has 3 nitrogen and oxygen atoms in total. The van der Waals surface area contributed by atoms with Crippen molar-refractivity contribution in [1.29, 1.82) is 0 Å². The Morgan fingerprint density at radius 1 is 1.00 bits per heavy atom. The van der Waals surface area contributed by atoms with Gasteiger partial charge in [0.15, 0.2) is 0 Å². The van der Waals surface area contributed by atoms with Crippen molar-refractivity contribution in [1.82, 2.24) is 4.98 Å². The molecule has 0 radical (unpaired) electrons. The first-order chi connectivity index (χ1) is 12.4. The van der Waals surface area contributed by atoms with Crippen molar-refractivity contribution < 1.29 is 0 Å². The third-order valence-electron chi connectivity index (χ3n) is 4.34. The van der Waals surface area contributed by atoms with Crippen molar-refractivity contribution in [2.24, 2.45) is 4.99 Å². The normalized spacial score (nSPS) is 12.8. The topological polar surface area (TPSA) is 37.3 Å². The van der Waals surface area contributed by atoms with Crippen LogP contribution in [0.25, 0.3) is 0 Å². The Labute approximate surface area is 158 Å². The number of aliphatic imine (C=N–C) groups is 1. The second-order valence-electron chi connectivity index (χ2n) is 7.35. The minimum absolute atomic E-state index is 0.475. The predicted molar refractivity (Wildman–Crippen MR) is 113 cm³/mol. The van der Waals surface area contributed by atoms with Crippen LogP contribution in [0.1, 0.15) is 70.2 Å². The van der Waals surface area contributed by atoms with Crippen LogP contribution in [0.5, 0.6) is 0 Å². The average Bonchev–Trinajstić information content (AvgIpc) is 2.60. The summed E-state index contributed by atoms with van der Waals surface area (Å²) >= 11 is 0. The summed E-state index contributed by atoms with van der Waals surface area (Å²) in [6.07, 6.45) is 3.91. The third kappa shape index (κ3) is 5.55. The number of rotatable bonds is 7. The van der Waals surface area contributed by atoms with Gasteiger partial charge in [-0.25, -0.2) is 0 Å². The highest BCUT2D eigenvalue weighted by molar-refractivity contribution is 5.93. The summed E-state index contributed by atoms with van der Waals surface area (Å²) in [4.78, 5) is 8.95. The molecule has 1 aromatic heterocycles. The molecule has 1 aromatic carbocycles. The molecule has 0 unspecified atom stereocenters. The molecule has 26 heavy (non-hydrogen) atoms. The van der Waals surface area contributed by atoms with E-state index in [2.05, 4.69) is 74.2 Å². The van der Waals surface area contributed by atoms with Crippen molar-refractivity contribution >= 4 is 11.4 Å². The van der Waals surface area contributed by atoms with Gasteiger partial charge in [0.2, 0.25) is 0 Å². The molecule has 0 saturated carbocycles. The van der Waals surface area contributed by atoms with Crippen molar-refractivity contribution in [2.75, 3.05) is 5.32 Å². The van der Waals surface area contributed by atoms with Crippen LogP contribution < -0.4 is 5.32 Å². The first-order valence-corrected chi connectivity index (χ1v) is 9.37. The number of nitrogens with zero attached hydrogens (tertiary/aromatic N) is 2. The molecule has 0 aliphatic rings. The van der Waals surface area contributed by atoms with Crippen molar-refractivity contribution in [3.05, 3.63) is 71.2 Å². The van der Waals surface area contributed by atoms with E-state index in [1.54, 1.807) is 6.20 Å². The summed E-state index contributed by atoms with van der Waals surface area (Å²) in [5, 5.41) is 3.64. The Morgan fingerprint density at radius 3 is 2.19 bits per heavy atom. The van der Waals surface area contributed by atoms with E-state index in [1.165, 1.54) is 16.8 Å². The number of anilines is 1. The van der Waals surface area contributed by atoms with Gasteiger partial charge in [-0.2, -0.15) is 0 Å². The number of hydrogen-bond acceptors (Lipinski definition) is 3. The molecule has 0 amide bonds. The van der Waals surface area contributed by atoms with E-state index < -0.39 is 0 Å². The van der Waals surface area contributed by atoms with E-state index in [-0.39, 0.29) is 0 Å². The van der Waals surface area contributed by atoms with Gasteiger partial charge in [-0.1, -0.05) is 52.0 Å². The highest BCUT2D eigenvalue weighted by atomic mass is 14.9. The maximum Gasteiger partial charge on any atom is 0.0814 e. The van der Waals surface area contributed by atoms with E-state index in [4.69, 9.17) is 0 Å². The summed E-state index contributed by atoms with van der Waals surface area (Å²) in [5.74, 6) is 0.950. The zero-order chi connectivity index (χ0) is 19.1. The highest BCUT2D eigenvalue weighted by Gasteiger charge is 2.13. The molecule has 0 bridgehead atoms. The smallest absolute Gasteiger partial charge is 0.0814 e. The molecule has 0 fully saturated rings. The minimum Gasteiger partial charge on any atom is -0.359 e. The third-order valence-corrected chi connectivity index (χ3v) is 4.34. The molecule has 0 aliphatic carbocycles. The van der Waals surface area contributed by atoms with Crippen molar-refractivity contribution in [3.8, 4) is 0 Å². The van der Waals surface area contributed by atoms with Gasteiger partial charge < -0.3 is 5.32 Å². The maximum atomic E-state index is 4.63. The van der Waals surface area contributed by atoms with Crippen molar-refractivity contribution in [2.45, 2.75) is 59.9 Å². The highest BCUT2D eigenvalue weighted by Crippen LogP contribution is 2.33. The van der Waals surface area contributed by atoms with Gasteiger partial charge in [0.1, 0.15) is 0 Å². The molecule has 0 atom stereocenters.